The van der Waals surface area contributed by atoms with Gasteiger partial charge in [0.15, 0.2) is 0 Å². The summed E-state index contributed by atoms with van der Waals surface area (Å²) in [5, 5.41) is 8.72. The quantitative estimate of drug-likeness (QED) is 0.565. The van der Waals surface area contributed by atoms with Crippen LogP contribution in [0.2, 0.25) is 0 Å². The fourth-order valence-corrected chi connectivity index (χ4v) is 3.77. The van der Waals surface area contributed by atoms with E-state index in [1.807, 2.05) is 31.2 Å². The van der Waals surface area contributed by atoms with Gasteiger partial charge in [0.05, 0.1) is 4.90 Å². The summed E-state index contributed by atoms with van der Waals surface area (Å²) in [5.74, 6) is 0.417. The number of sulfonamides is 1. The maximum absolute atomic E-state index is 12.6. The molecule has 0 aliphatic carbocycles. The summed E-state index contributed by atoms with van der Waals surface area (Å²) in [6, 6.07) is 20.5. The van der Waals surface area contributed by atoms with Crippen molar-refractivity contribution >= 4 is 21.7 Å². The number of aryl methyl sites for hydroxylation is 2. The Kier molecular flexibility index (Phi) is 6.19. The van der Waals surface area contributed by atoms with E-state index in [0.717, 1.165) is 11.1 Å². The number of anilines is 1. The normalized spacial score (nSPS) is 11.1. The summed E-state index contributed by atoms with van der Waals surface area (Å²) < 4.78 is 33.4. The number of aliphatic carboxylic acids is 1. The molecule has 150 valence electrons. The number of rotatable bonds is 8. The average molecular weight is 411 g/mol. The SMILES string of the molecule is Cc1cccc(Oc2ccc(NS(=O)(=O)c3ccc(CCC(=O)O)cc3)cc2)c1. The predicted molar refractivity (Wildman–Crippen MR) is 111 cm³/mol. The van der Waals surface area contributed by atoms with Crippen LogP contribution in [0, 0.1) is 6.92 Å². The minimum Gasteiger partial charge on any atom is -0.481 e. The van der Waals surface area contributed by atoms with Gasteiger partial charge in [-0.2, -0.15) is 0 Å². The van der Waals surface area contributed by atoms with E-state index in [4.69, 9.17) is 9.84 Å². The molecule has 0 saturated carbocycles. The Morgan fingerprint density at radius 2 is 1.66 bits per heavy atom. The fourth-order valence-electron chi connectivity index (χ4n) is 2.71. The first-order valence-corrected chi connectivity index (χ1v) is 10.5. The molecule has 3 aromatic rings. The largest absolute Gasteiger partial charge is 0.481 e. The van der Waals surface area contributed by atoms with Crippen LogP contribution in [0.5, 0.6) is 11.5 Å². The van der Waals surface area contributed by atoms with Gasteiger partial charge in [-0.05, 0) is 73.0 Å². The van der Waals surface area contributed by atoms with Gasteiger partial charge < -0.3 is 9.84 Å². The number of carboxylic acids is 1. The van der Waals surface area contributed by atoms with Crippen LogP contribution in [0.15, 0.2) is 77.7 Å². The van der Waals surface area contributed by atoms with E-state index >= 15 is 0 Å². The fraction of sp³-hybridized carbons (Fsp3) is 0.136. The Morgan fingerprint density at radius 1 is 0.966 bits per heavy atom. The van der Waals surface area contributed by atoms with Crippen molar-refractivity contribution in [1.29, 1.82) is 0 Å². The van der Waals surface area contributed by atoms with Crippen molar-refractivity contribution < 1.29 is 23.1 Å². The molecule has 0 amide bonds. The van der Waals surface area contributed by atoms with Gasteiger partial charge in [-0.25, -0.2) is 8.42 Å². The highest BCUT2D eigenvalue weighted by atomic mass is 32.2. The third kappa shape index (κ3) is 5.83. The number of hydrogen-bond donors (Lipinski definition) is 2. The second-order valence-corrected chi connectivity index (χ2v) is 8.27. The highest BCUT2D eigenvalue weighted by molar-refractivity contribution is 7.92. The number of benzene rings is 3. The maximum atomic E-state index is 12.6. The minimum absolute atomic E-state index is 0.00131. The topological polar surface area (TPSA) is 92.7 Å². The molecule has 0 unspecified atom stereocenters. The van der Waals surface area contributed by atoms with Crippen LogP contribution in [0.4, 0.5) is 5.69 Å². The van der Waals surface area contributed by atoms with E-state index in [-0.39, 0.29) is 11.3 Å². The summed E-state index contributed by atoms with van der Waals surface area (Å²) in [5.41, 5.74) is 2.27. The standard InChI is InChI=1S/C22H21NO5S/c1-16-3-2-4-20(15-16)28-19-10-8-18(9-11-19)23-29(26,27)21-12-5-17(6-13-21)7-14-22(24)25/h2-6,8-13,15,23H,7,14H2,1H3,(H,24,25). The van der Waals surface area contributed by atoms with E-state index in [1.54, 1.807) is 36.4 Å². The van der Waals surface area contributed by atoms with Crippen molar-refractivity contribution in [2.75, 3.05) is 4.72 Å². The first-order valence-electron chi connectivity index (χ1n) is 9.00. The number of hydrogen-bond acceptors (Lipinski definition) is 4. The zero-order chi connectivity index (χ0) is 20.9. The van der Waals surface area contributed by atoms with Gasteiger partial charge in [-0.1, -0.05) is 24.3 Å². The Labute approximate surface area is 169 Å². The van der Waals surface area contributed by atoms with Crippen LogP contribution >= 0.6 is 0 Å². The van der Waals surface area contributed by atoms with Crippen molar-refractivity contribution in [3.63, 3.8) is 0 Å². The van der Waals surface area contributed by atoms with Gasteiger partial charge >= 0.3 is 5.97 Å². The number of nitrogens with one attached hydrogen (secondary N) is 1. The zero-order valence-corrected chi connectivity index (χ0v) is 16.6. The third-order valence-corrected chi connectivity index (χ3v) is 5.59. The molecule has 7 heteroatoms. The third-order valence-electron chi connectivity index (χ3n) is 4.19. The van der Waals surface area contributed by atoms with Crippen molar-refractivity contribution in [3.05, 3.63) is 83.9 Å². The van der Waals surface area contributed by atoms with Crippen LogP contribution in [0.25, 0.3) is 0 Å². The molecule has 0 bridgehead atoms. The van der Waals surface area contributed by atoms with Crippen LogP contribution in [0.3, 0.4) is 0 Å². The lowest BCUT2D eigenvalue weighted by atomic mass is 10.1. The lowest BCUT2D eigenvalue weighted by Gasteiger charge is -2.10. The van der Waals surface area contributed by atoms with Gasteiger partial charge in [0.2, 0.25) is 0 Å². The molecule has 0 fully saturated rings. The van der Waals surface area contributed by atoms with Gasteiger partial charge in [-0.3, -0.25) is 9.52 Å². The Hall–Kier alpha value is -3.32. The van der Waals surface area contributed by atoms with E-state index in [2.05, 4.69) is 4.72 Å². The monoisotopic (exact) mass is 411 g/mol. The summed E-state index contributed by atoms with van der Waals surface area (Å²) in [4.78, 5) is 10.7. The van der Waals surface area contributed by atoms with E-state index in [0.29, 0.717) is 23.6 Å². The van der Waals surface area contributed by atoms with Crippen molar-refractivity contribution in [2.45, 2.75) is 24.7 Å². The molecule has 2 N–H and O–H groups in total. The molecule has 0 aliphatic rings. The van der Waals surface area contributed by atoms with E-state index in [1.165, 1.54) is 12.1 Å². The summed E-state index contributed by atoms with van der Waals surface area (Å²) >= 11 is 0. The first kappa shape index (κ1) is 20.4. The van der Waals surface area contributed by atoms with E-state index in [9.17, 15) is 13.2 Å². The minimum atomic E-state index is -3.75. The molecule has 29 heavy (non-hydrogen) atoms. The molecule has 6 nitrogen and oxygen atoms in total. The van der Waals surface area contributed by atoms with Crippen LogP contribution < -0.4 is 9.46 Å². The number of ether oxygens (including phenoxy) is 1. The highest BCUT2D eigenvalue weighted by Crippen LogP contribution is 2.25. The molecule has 0 aromatic heterocycles. The molecule has 0 atom stereocenters. The zero-order valence-electron chi connectivity index (χ0n) is 15.8. The van der Waals surface area contributed by atoms with Crippen molar-refractivity contribution in [2.24, 2.45) is 0 Å². The molecule has 0 radical (unpaired) electrons. The highest BCUT2D eigenvalue weighted by Gasteiger charge is 2.14. The smallest absolute Gasteiger partial charge is 0.303 e. The molecular weight excluding hydrogens is 390 g/mol. The molecule has 0 saturated heterocycles. The van der Waals surface area contributed by atoms with Gasteiger partial charge in [-0.15, -0.1) is 0 Å². The van der Waals surface area contributed by atoms with Gasteiger partial charge in [0, 0.05) is 12.1 Å². The first-order chi connectivity index (χ1) is 13.8. The Balaban J connectivity index is 1.66. The molecule has 0 aliphatic heterocycles. The molecule has 3 rings (SSSR count). The molecule has 0 spiro atoms. The Bertz CT molecular complexity index is 1090. The van der Waals surface area contributed by atoms with Crippen LogP contribution in [-0.2, 0) is 21.2 Å². The summed E-state index contributed by atoms with van der Waals surface area (Å²) in [7, 11) is -3.75. The van der Waals surface area contributed by atoms with Crippen molar-refractivity contribution in [1.82, 2.24) is 0 Å². The van der Waals surface area contributed by atoms with Crippen LogP contribution in [-0.4, -0.2) is 19.5 Å². The lowest BCUT2D eigenvalue weighted by molar-refractivity contribution is -0.136. The predicted octanol–water partition coefficient (Wildman–Crippen LogP) is 4.61. The molecule has 0 heterocycles. The van der Waals surface area contributed by atoms with Crippen molar-refractivity contribution in [3.8, 4) is 11.5 Å². The molecule has 3 aromatic carbocycles. The average Bonchev–Trinajstić information content (AvgIpc) is 2.68. The van der Waals surface area contributed by atoms with Gasteiger partial charge in [0.25, 0.3) is 10.0 Å². The lowest BCUT2D eigenvalue weighted by Crippen LogP contribution is -2.12. The summed E-state index contributed by atoms with van der Waals surface area (Å²) in [6.45, 7) is 1.98. The summed E-state index contributed by atoms with van der Waals surface area (Å²) in [6.07, 6.45) is 0.354. The van der Waals surface area contributed by atoms with Gasteiger partial charge in [0.1, 0.15) is 11.5 Å². The van der Waals surface area contributed by atoms with Crippen LogP contribution in [0.1, 0.15) is 17.5 Å². The second kappa shape index (κ2) is 8.79. The molecular formula is C22H21NO5S. The second-order valence-electron chi connectivity index (χ2n) is 6.59. The maximum Gasteiger partial charge on any atom is 0.303 e. The Morgan fingerprint density at radius 3 is 2.28 bits per heavy atom. The number of carboxylic acid groups (broad SMARTS) is 1. The van der Waals surface area contributed by atoms with E-state index < -0.39 is 16.0 Å². The number of carbonyl (C=O) groups is 1.